The molecule has 6 rings (SSSR count). The summed E-state index contributed by atoms with van der Waals surface area (Å²) in [6.45, 7) is 3.76. The van der Waals surface area contributed by atoms with Gasteiger partial charge in [0.25, 0.3) is 0 Å². The zero-order valence-electron chi connectivity index (χ0n) is 20.0. The third kappa shape index (κ3) is 3.61. The molecule has 0 bridgehead atoms. The van der Waals surface area contributed by atoms with E-state index in [4.69, 9.17) is 9.51 Å². The van der Waals surface area contributed by atoms with Crippen molar-refractivity contribution in [1.29, 1.82) is 0 Å². The molecule has 2 fully saturated rings. The first-order valence-corrected chi connectivity index (χ1v) is 12.2. The van der Waals surface area contributed by atoms with Crippen LogP contribution in [0.1, 0.15) is 61.5 Å². The lowest BCUT2D eigenvalue weighted by molar-refractivity contribution is -0.120. The van der Waals surface area contributed by atoms with E-state index < -0.39 is 17.7 Å². The second-order valence-electron chi connectivity index (χ2n) is 9.79. The molecule has 1 saturated heterocycles. The summed E-state index contributed by atoms with van der Waals surface area (Å²) in [5.41, 5.74) is 4.61. The number of hydrogen-bond donors (Lipinski definition) is 1. The number of rotatable bonds is 4. The Morgan fingerprint density at radius 1 is 1.08 bits per heavy atom. The van der Waals surface area contributed by atoms with Crippen LogP contribution in [0.3, 0.4) is 0 Å². The van der Waals surface area contributed by atoms with Crippen molar-refractivity contribution < 1.29 is 23.2 Å². The smallest absolute Gasteiger partial charge is 0.227 e. The average Bonchev–Trinajstić information content (AvgIpc) is 3.37. The normalized spacial score (nSPS) is 22.3. The molecule has 3 heterocycles. The number of benzene rings is 2. The molecule has 1 unspecified atom stereocenters. The molecule has 1 amide bonds. The van der Waals surface area contributed by atoms with Gasteiger partial charge < -0.3 is 19.1 Å². The Hall–Kier alpha value is -3.59. The predicted octanol–water partition coefficient (Wildman–Crippen LogP) is 5.54. The fourth-order valence-electron chi connectivity index (χ4n) is 5.63. The quantitative estimate of drug-likeness (QED) is 0.404. The third-order valence-corrected chi connectivity index (χ3v) is 7.42. The number of piperidine rings is 1. The average molecular weight is 493 g/mol. The molecule has 4 aromatic rings. The maximum atomic E-state index is 14.1. The summed E-state index contributed by atoms with van der Waals surface area (Å²) in [6, 6.07) is 9.15. The number of aromatic nitrogens is 3. The molecule has 0 spiro atoms. The molecule has 1 saturated carbocycles. The molecule has 2 aliphatic rings. The number of fused-ring (bicyclic) bond motifs is 1. The van der Waals surface area contributed by atoms with Crippen molar-refractivity contribution in [3.05, 3.63) is 65.3 Å². The summed E-state index contributed by atoms with van der Waals surface area (Å²) in [5.74, 6) is -0.695. The molecule has 36 heavy (non-hydrogen) atoms. The van der Waals surface area contributed by atoms with Gasteiger partial charge in [0.1, 0.15) is 11.6 Å². The van der Waals surface area contributed by atoms with E-state index in [9.17, 15) is 18.7 Å². The number of nitrogens with zero attached hydrogens (tertiary/aromatic N) is 4. The zero-order chi connectivity index (χ0) is 25.1. The number of aliphatic hydroxyl groups excluding tert-OH is 1. The zero-order valence-corrected chi connectivity index (χ0v) is 20.0. The van der Waals surface area contributed by atoms with Crippen LogP contribution in [-0.2, 0) is 4.79 Å². The van der Waals surface area contributed by atoms with E-state index in [-0.39, 0.29) is 18.1 Å². The molecule has 0 radical (unpaired) electrons. The van der Waals surface area contributed by atoms with Crippen molar-refractivity contribution in [2.24, 2.45) is 0 Å². The molecule has 7 nitrogen and oxygen atoms in total. The van der Waals surface area contributed by atoms with Crippen LogP contribution in [0.5, 0.6) is 0 Å². The fraction of sp³-hybridized carbons (Fsp3) is 0.370. The topological polar surface area (TPSA) is 84.4 Å². The number of carbonyl (C=O) groups excluding carboxylic acids is 1. The summed E-state index contributed by atoms with van der Waals surface area (Å²) in [4.78, 5) is 19.7. The van der Waals surface area contributed by atoms with Crippen LogP contribution in [0, 0.1) is 25.5 Å². The lowest BCUT2D eigenvalue weighted by Gasteiger charge is -2.39. The number of carbonyl (C=O) groups is 1. The number of amides is 1. The Morgan fingerprint density at radius 3 is 2.58 bits per heavy atom. The van der Waals surface area contributed by atoms with Gasteiger partial charge in [0.2, 0.25) is 5.91 Å². The Labute approximate surface area is 206 Å². The predicted molar refractivity (Wildman–Crippen MR) is 129 cm³/mol. The Bertz CT molecular complexity index is 1470. The first-order chi connectivity index (χ1) is 17.3. The second kappa shape index (κ2) is 8.51. The van der Waals surface area contributed by atoms with Gasteiger partial charge in [-0.3, -0.25) is 4.79 Å². The Kier molecular flexibility index (Phi) is 5.40. The number of aryl methyl sites for hydroxylation is 2. The molecule has 1 atom stereocenters. The number of hydrogen-bond acceptors (Lipinski definition) is 5. The second-order valence-corrected chi connectivity index (χ2v) is 9.79. The van der Waals surface area contributed by atoms with Gasteiger partial charge in [-0.2, -0.15) is 0 Å². The van der Waals surface area contributed by atoms with E-state index in [0.717, 1.165) is 45.7 Å². The van der Waals surface area contributed by atoms with Crippen molar-refractivity contribution in [3.63, 3.8) is 0 Å². The maximum Gasteiger partial charge on any atom is 0.227 e. The van der Waals surface area contributed by atoms with Gasteiger partial charge in [-0.15, -0.1) is 0 Å². The third-order valence-electron chi connectivity index (χ3n) is 7.42. The summed E-state index contributed by atoms with van der Waals surface area (Å²) in [7, 11) is 0. The van der Waals surface area contributed by atoms with Crippen LogP contribution >= 0.6 is 0 Å². The van der Waals surface area contributed by atoms with E-state index >= 15 is 0 Å². The molecule has 186 valence electrons. The maximum absolute atomic E-state index is 14.1. The molecular weight excluding hydrogens is 466 g/mol. The van der Waals surface area contributed by atoms with Crippen LogP contribution < -0.4 is 4.90 Å². The molecule has 1 N–H and O–H groups in total. The molecule has 1 aliphatic heterocycles. The summed E-state index contributed by atoms with van der Waals surface area (Å²) < 4.78 is 35.3. The first kappa shape index (κ1) is 22.8. The van der Waals surface area contributed by atoms with Gasteiger partial charge in [0.05, 0.1) is 28.9 Å². The van der Waals surface area contributed by atoms with E-state index in [2.05, 4.69) is 9.72 Å². The lowest BCUT2D eigenvalue weighted by atomic mass is 9.88. The van der Waals surface area contributed by atoms with Crippen molar-refractivity contribution in [2.45, 2.75) is 64.1 Å². The van der Waals surface area contributed by atoms with Crippen LogP contribution in [-0.4, -0.2) is 31.8 Å². The minimum Gasteiger partial charge on any atom is -0.393 e. The van der Waals surface area contributed by atoms with Gasteiger partial charge in [0, 0.05) is 29.8 Å². The highest BCUT2D eigenvalue weighted by atomic mass is 19.2. The van der Waals surface area contributed by atoms with E-state index in [1.807, 2.05) is 32.0 Å². The molecule has 1 aliphatic carbocycles. The van der Waals surface area contributed by atoms with Crippen LogP contribution in [0.25, 0.3) is 22.2 Å². The Balaban J connectivity index is 1.51. The fourth-order valence-corrected chi connectivity index (χ4v) is 5.63. The van der Waals surface area contributed by atoms with Crippen LogP contribution in [0.15, 0.2) is 40.9 Å². The highest BCUT2D eigenvalue weighted by Crippen LogP contribution is 2.43. The first-order valence-electron chi connectivity index (χ1n) is 12.2. The van der Waals surface area contributed by atoms with Crippen LogP contribution in [0.2, 0.25) is 0 Å². The number of imidazole rings is 1. The SMILES string of the molecule is Cc1noc(C)c1-c1ccc2c(c1)nc(C1CCCC(=O)N1c1ccc(F)c(F)c1)n2C1CC(O)C1. The monoisotopic (exact) mass is 492 g/mol. The summed E-state index contributed by atoms with van der Waals surface area (Å²) >= 11 is 0. The summed E-state index contributed by atoms with van der Waals surface area (Å²) in [6.07, 6.45) is 2.45. The lowest BCUT2D eigenvalue weighted by Crippen LogP contribution is -2.41. The number of anilines is 1. The van der Waals surface area contributed by atoms with Gasteiger partial charge in [0.15, 0.2) is 11.6 Å². The Morgan fingerprint density at radius 2 is 1.89 bits per heavy atom. The van der Waals surface area contributed by atoms with Crippen molar-refractivity contribution in [1.82, 2.24) is 14.7 Å². The highest BCUT2D eigenvalue weighted by Gasteiger charge is 2.38. The largest absolute Gasteiger partial charge is 0.393 e. The molecule has 9 heteroatoms. The molecule has 2 aromatic heterocycles. The van der Waals surface area contributed by atoms with Crippen LogP contribution in [0.4, 0.5) is 14.5 Å². The minimum atomic E-state index is -0.996. The highest BCUT2D eigenvalue weighted by molar-refractivity contribution is 5.95. The minimum absolute atomic E-state index is 0.0359. The van der Waals surface area contributed by atoms with Crippen molar-refractivity contribution >= 4 is 22.6 Å². The van der Waals surface area contributed by atoms with Gasteiger partial charge >= 0.3 is 0 Å². The summed E-state index contributed by atoms with van der Waals surface area (Å²) in [5, 5.41) is 14.1. The van der Waals surface area contributed by atoms with Gasteiger partial charge in [-0.25, -0.2) is 13.8 Å². The van der Waals surface area contributed by atoms with E-state index in [1.54, 1.807) is 4.90 Å². The van der Waals surface area contributed by atoms with E-state index in [1.165, 1.54) is 6.07 Å². The standard InChI is InChI=1S/C27H26F2N4O3/c1-14-26(15(2)36-31-14)16-6-9-23-22(10-16)30-27(33(23)18-11-19(34)12-18)24-4-3-5-25(35)32(24)17-7-8-20(28)21(29)13-17/h6-10,13,18-19,24,34H,3-5,11-12H2,1-2H3. The number of aliphatic hydroxyl groups is 1. The molecular formula is C27H26F2N4O3. The van der Waals surface area contributed by atoms with Crippen molar-refractivity contribution in [2.75, 3.05) is 4.90 Å². The van der Waals surface area contributed by atoms with E-state index in [0.29, 0.717) is 43.6 Å². The van der Waals surface area contributed by atoms with Crippen molar-refractivity contribution in [3.8, 4) is 11.1 Å². The molecule has 2 aromatic carbocycles. The van der Waals surface area contributed by atoms with Gasteiger partial charge in [-0.05, 0) is 69.4 Å². The number of halogens is 2. The van der Waals surface area contributed by atoms with Gasteiger partial charge in [-0.1, -0.05) is 11.2 Å².